The third kappa shape index (κ3) is 2.54. The van der Waals surface area contributed by atoms with Crippen LogP contribution in [0.5, 0.6) is 0 Å². The molecule has 92 valence electrons. The summed E-state index contributed by atoms with van der Waals surface area (Å²) in [6.07, 6.45) is 1.08. The van der Waals surface area contributed by atoms with E-state index in [1.807, 2.05) is 0 Å². The molecule has 3 nitrogen and oxygen atoms in total. The van der Waals surface area contributed by atoms with Crippen molar-refractivity contribution in [3.05, 3.63) is 41.5 Å². The van der Waals surface area contributed by atoms with Gasteiger partial charge >= 0.3 is 0 Å². The minimum absolute atomic E-state index is 0.429. The fourth-order valence-corrected chi connectivity index (χ4v) is 2.01. The first kappa shape index (κ1) is 12.3. The van der Waals surface area contributed by atoms with E-state index >= 15 is 0 Å². The Labute approximate surface area is 107 Å². The summed E-state index contributed by atoms with van der Waals surface area (Å²) in [5.74, 6) is 1.08. The molecule has 3 N–H and O–H groups in total. The summed E-state index contributed by atoms with van der Waals surface area (Å²) >= 11 is 0. The molecule has 0 aliphatic heterocycles. The van der Waals surface area contributed by atoms with Gasteiger partial charge in [-0.25, -0.2) is 0 Å². The highest BCUT2D eigenvalue weighted by atomic mass is 14.9. The third-order valence-corrected chi connectivity index (χ3v) is 2.88. The van der Waals surface area contributed by atoms with Gasteiger partial charge in [-0.3, -0.25) is 0 Å². The number of nitrogens with two attached hydrogens (primary N) is 1. The van der Waals surface area contributed by atoms with Gasteiger partial charge in [0.15, 0.2) is 0 Å². The molecule has 0 aliphatic rings. The molecule has 0 bridgehead atoms. The number of hydrogen-bond acceptors (Lipinski definition) is 2. The highest BCUT2D eigenvalue weighted by Crippen LogP contribution is 2.23. The number of nitrogen functional groups attached to an aromatic ring is 1. The normalized spacial score (nSPS) is 10.6. The maximum atomic E-state index is 8.87. The van der Waals surface area contributed by atoms with Crippen LogP contribution in [0.4, 0.5) is 5.82 Å². The average Bonchev–Trinajstić information content (AvgIpc) is 2.71. The maximum Gasteiger partial charge on any atom is 0.119 e. The minimum Gasteiger partial charge on any atom is -0.384 e. The molecule has 1 aromatic carbocycles. The van der Waals surface area contributed by atoms with E-state index in [0.29, 0.717) is 17.3 Å². The number of nitriles is 1. The van der Waals surface area contributed by atoms with Crippen LogP contribution in [0.15, 0.2) is 30.3 Å². The van der Waals surface area contributed by atoms with Gasteiger partial charge in [0.25, 0.3) is 0 Å². The molecule has 3 heteroatoms. The summed E-state index contributed by atoms with van der Waals surface area (Å²) < 4.78 is 0. The number of aromatic nitrogens is 1. The van der Waals surface area contributed by atoms with Crippen LogP contribution in [0.3, 0.4) is 0 Å². The summed E-state index contributed by atoms with van der Waals surface area (Å²) in [4.78, 5) is 3.03. The van der Waals surface area contributed by atoms with Crippen molar-refractivity contribution in [2.45, 2.75) is 20.3 Å². The van der Waals surface area contributed by atoms with E-state index in [4.69, 9.17) is 11.0 Å². The number of benzene rings is 1. The lowest BCUT2D eigenvalue weighted by atomic mass is 10.0. The van der Waals surface area contributed by atoms with E-state index in [2.05, 4.69) is 49.2 Å². The lowest BCUT2D eigenvalue weighted by molar-refractivity contribution is 0.647. The molecule has 2 rings (SSSR count). The van der Waals surface area contributed by atoms with Crippen molar-refractivity contribution in [2.24, 2.45) is 5.92 Å². The third-order valence-electron chi connectivity index (χ3n) is 2.88. The zero-order chi connectivity index (χ0) is 13.1. The highest BCUT2D eigenvalue weighted by molar-refractivity contribution is 5.67. The van der Waals surface area contributed by atoms with Gasteiger partial charge in [-0.15, -0.1) is 0 Å². The van der Waals surface area contributed by atoms with Crippen LogP contribution in [-0.4, -0.2) is 4.98 Å². The monoisotopic (exact) mass is 239 g/mol. The zero-order valence-electron chi connectivity index (χ0n) is 10.7. The number of hydrogen-bond donors (Lipinski definition) is 2. The molecule has 1 heterocycles. The maximum absolute atomic E-state index is 8.87. The van der Waals surface area contributed by atoms with Gasteiger partial charge < -0.3 is 10.7 Å². The fourth-order valence-electron chi connectivity index (χ4n) is 2.01. The van der Waals surface area contributed by atoms with Gasteiger partial charge in [-0.1, -0.05) is 38.1 Å². The van der Waals surface area contributed by atoms with Crippen LogP contribution in [0.2, 0.25) is 0 Å². The molecule has 0 atom stereocenters. The van der Waals surface area contributed by atoms with E-state index < -0.39 is 0 Å². The Balaban J connectivity index is 2.26. The molecule has 0 aliphatic carbocycles. The average molecular weight is 239 g/mol. The van der Waals surface area contributed by atoms with Gasteiger partial charge in [0.1, 0.15) is 11.9 Å². The molecular formula is C15H17N3. The van der Waals surface area contributed by atoms with Crippen molar-refractivity contribution in [3.63, 3.8) is 0 Å². The molecule has 18 heavy (non-hydrogen) atoms. The Hall–Kier alpha value is -2.21. The molecule has 0 saturated heterocycles. The Bertz CT molecular complexity index is 571. The molecule has 0 spiro atoms. The standard InChI is InChI=1S/C15H17N3/c1-10(2)7-11-3-5-12(6-4-11)14-8-13(9-16)15(17)18-14/h3-6,8,10,18H,7,17H2,1-2H3. The Morgan fingerprint density at radius 1 is 1.28 bits per heavy atom. The summed E-state index contributed by atoms with van der Waals surface area (Å²) in [6.45, 7) is 4.41. The number of anilines is 1. The van der Waals surface area contributed by atoms with E-state index in [9.17, 15) is 0 Å². The number of nitrogens with one attached hydrogen (secondary N) is 1. The summed E-state index contributed by atoms with van der Waals surface area (Å²) in [7, 11) is 0. The predicted octanol–water partition coefficient (Wildman–Crippen LogP) is 3.33. The predicted molar refractivity (Wildman–Crippen MR) is 73.9 cm³/mol. The van der Waals surface area contributed by atoms with Gasteiger partial charge in [-0.2, -0.15) is 5.26 Å². The van der Waals surface area contributed by atoms with Gasteiger partial charge in [0, 0.05) is 5.69 Å². The second kappa shape index (κ2) is 4.97. The van der Waals surface area contributed by atoms with Crippen molar-refractivity contribution in [2.75, 3.05) is 5.73 Å². The van der Waals surface area contributed by atoms with Crippen molar-refractivity contribution >= 4 is 5.82 Å². The molecule has 1 aromatic heterocycles. The molecule has 0 fully saturated rings. The molecule has 0 unspecified atom stereocenters. The van der Waals surface area contributed by atoms with Crippen molar-refractivity contribution < 1.29 is 0 Å². The van der Waals surface area contributed by atoms with Crippen LogP contribution >= 0.6 is 0 Å². The lowest BCUT2D eigenvalue weighted by Crippen LogP contribution is -1.93. The van der Waals surface area contributed by atoms with Crippen molar-refractivity contribution in [3.8, 4) is 17.3 Å². The molecular weight excluding hydrogens is 222 g/mol. The first-order chi connectivity index (χ1) is 8.60. The smallest absolute Gasteiger partial charge is 0.119 e. The minimum atomic E-state index is 0.429. The van der Waals surface area contributed by atoms with Crippen LogP contribution in [0.25, 0.3) is 11.3 Å². The van der Waals surface area contributed by atoms with Crippen molar-refractivity contribution in [1.82, 2.24) is 4.98 Å². The zero-order valence-corrected chi connectivity index (χ0v) is 10.7. The van der Waals surface area contributed by atoms with Crippen LogP contribution < -0.4 is 5.73 Å². The SMILES string of the molecule is CC(C)Cc1ccc(-c2cc(C#N)c(N)[nH]2)cc1. The lowest BCUT2D eigenvalue weighted by Gasteiger charge is -2.05. The molecule has 0 saturated carbocycles. The van der Waals surface area contributed by atoms with Gasteiger partial charge in [0.05, 0.1) is 5.56 Å². The number of H-pyrrole nitrogens is 1. The Kier molecular flexibility index (Phi) is 3.38. The number of aromatic amines is 1. The summed E-state index contributed by atoms with van der Waals surface area (Å²) in [5.41, 5.74) is 9.47. The Morgan fingerprint density at radius 2 is 1.94 bits per heavy atom. The second-order valence-electron chi connectivity index (χ2n) is 4.92. The van der Waals surface area contributed by atoms with E-state index in [1.54, 1.807) is 6.07 Å². The van der Waals surface area contributed by atoms with Gasteiger partial charge in [0.2, 0.25) is 0 Å². The quantitative estimate of drug-likeness (QED) is 0.862. The number of rotatable bonds is 3. The number of nitrogens with zero attached hydrogens (tertiary/aromatic N) is 1. The first-order valence-corrected chi connectivity index (χ1v) is 6.08. The molecule has 0 radical (unpaired) electrons. The molecule has 2 aromatic rings. The molecule has 0 amide bonds. The van der Waals surface area contributed by atoms with Gasteiger partial charge in [-0.05, 0) is 29.5 Å². The Morgan fingerprint density at radius 3 is 2.44 bits per heavy atom. The van der Waals surface area contributed by atoms with E-state index in [-0.39, 0.29) is 0 Å². The van der Waals surface area contributed by atoms with Crippen LogP contribution in [0, 0.1) is 17.2 Å². The highest BCUT2D eigenvalue weighted by Gasteiger charge is 2.06. The topological polar surface area (TPSA) is 65.6 Å². The second-order valence-corrected chi connectivity index (χ2v) is 4.92. The van der Waals surface area contributed by atoms with Crippen LogP contribution in [-0.2, 0) is 6.42 Å². The van der Waals surface area contributed by atoms with Crippen LogP contribution in [0.1, 0.15) is 25.0 Å². The first-order valence-electron chi connectivity index (χ1n) is 6.08. The summed E-state index contributed by atoms with van der Waals surface area (Å²) in [6, 6.07) is 12.2. The summed E-state index contributed by atoms with van der Waals surface area (Å²) in [5, 5.41) is 8.87. The fraction of sp³-hybridized carbons (Fsp3) is 0.267. The van der Waals surface area contributed by atoms with Crippen molar-refractivity contribution in [1.29, 1.82) is 5.26 Å². The largest absolute Gasteiger partial charge is 0.384 e. The van der Waals surface area contributed by atoms with E-state index in [0.717, 1.165) is 17.7 Å². The van der Waals surface area contributed by atoms with E-state index in [1.165, 1.54) is 5.56 Å².